The van der Waals surface area contributed by atoms with Crippen LogP contribution in [0.5, 0.6) is 0 Å². The molecule has 0 radical (unpaired) electrons. The van der Waals surface area contributed by atoms with E-state index in [4.69, 9.17) is 9.47 Å². The maximum Gasteiger partial charge on any atom is 0.318 e. The minimum atomic E-state index is -0.488. The third kappa shape index (κ3) is 4.31. The van der Waals surface area contributed by atoms with Gasteiger partial charge in [0.25, 0.3) is 0 Å². The summed E-state index contributed by atoms with van der Waals surface area (Å²) in [5, 5.41) is 2.88. The van der Waals surface area contributed by atoms with Gasteiger partial charge in [-0.05, 0) is 5.92 Å². The maximum atomic E-state index is 12.6. The molecule has 1 atom stereocenters. The molecule has 7 heteroatoms. The lowest BCUT2D eigenvalue weighted by Gasteiger charge is -2.34. The molecule has 0 spiro atoms. The zero-order valence-corrected chi connectivity index (χ0v) is 12.8. The molecule has 7 nitrogen and oxygen atoms in total. The third-order valence-corrected chi connectivity index (χ3v) is 3.83. The summed E-state index contributed by atoms with van der Waals surface area (Å²) in [7, 11) is 0. The molecule has 0 saturated carbocycles. The van der Waals surface area contributed by atoms with Crippen LogP contribution < -0.4 is 5.32 Å². The van der Waals surface area contributed by atoms with Gasteiger partial charge in [-0.1, -0.05) is 13.8 Å². The van der Waals surface area contributed by atoms with Gasteiger partial charge in [0, 0.05) is 26.2 Å². The van der Waals surface area contributed by atoms with Gasteiger partial charge < -0.3 is 24.6 Å². The number of nitrogens with one attached hydrogen (secondary N) is 1. The van der Waals surface area contributed by atoms with Crippen molar-refractivity contribution < 1.29 is 19.1 Å². The first-order valence-electron chi connectivity index (χ1n) is 7.59. The van der Waals surface area contributed by atoms with E-state index in [1.54, 1.807) is 9.80 Å². The van der Waals surface area contributed by atoms with E-state index >= 15 is 0 Å². The van der Waals surface area contributed by atoms with Gasteiger partial charge in [-0.3, -0.25) is 4.79 Å². The van der Waals surface area contributed by atoms with Crippen molar-refractivity contribution in [2.24, 2.45) is 5.92 Å². The molecule has 120 valence electrons. The molecule has 21 heavy (non-hydrogen) atoms. The highest BCUT2D eigenvalue weighted by Gasteiger charge is 2.31. The standard InChI is InChI=1S/C14H25N3O4/c1-11(2)12(13(18)16-3-7-20-8-4-16)15-14(19)17-5-9-21-10-6-17/h11-12H,3-10H2,1-2H3,(H,15,19)/t12-/m1/s1. The number of urea groups is 1. The van der Waals surface area contributed by atoms with Gasteiger partial charge in [0.2, 0.25) is 5.91 Å². The molecule has 0 bridgehead atoms. The fraction of sp³-hybridized carbons (Fsp3) is 0.857. The molecule has 2 rings (SSSR count). The van der Waals surface area contributed by atoms with Crippen LogP contribution in [0.1, 0.15) is 13.8 Å². The zero-order valence-electron chi connectivity index (χ0n) is 12.8. The van der Waals surface area contributed by atoms with Crippen molar-refractivity contribution in [3.63, 3.8) is 0 Å². The zero-order chi connectivity index (χ0) is 15.2. The lowest BCUT2D eigenvalue weighted by atomic mass is 10.0. The van der Waals surface area contributed by atoms with Crippen LogP contribution in [0.3, 0.4) is 0 Å². The highest BCUT2D eigenvalue weighted by Crippen LogP contribution is 2.09. The third-order valence-electron chi connectivity index (χ3n) is 3.83. The van der Waals surface area contributed by atoms with Crippen LogP contribution in [0.15, 0.2) is 0 Å². The second kappa shape index (κ2) is 7.61. The van der Waals surface area contributed by atoms with E-state index in [-0.39, 0.29) is 17.9 Å². The van der Waals surface area contributed by atoms with E-state index in [1.807, 2.05) is 13.8 Å². The molecule has 2 aliphatic rings. The number of nitrogens with zero attached hydrogens (tertiary/aromatic N) is 2. The van der Waals surface area contributed by atoms with E-state index in [0.29, 0.717) is 52.6 Å². The molecule has 2 heterocycles. The first-order valence-corrected chi connectivity index (χ1v) is 7.59. The summed E-state index contributed by atoms with van der Waals surface area (Å²) in [4.78, 5) is 28.3. The van der Waals surface area contributed by atoms with Gasteiger partial charge in [-0.15, -0.1) is 0 Å². The smallest absolute Gasteiger partial charge is 0.318 e. The number of hydrogen-bond acceptors (Lipinski definition) is 4. The first-order chi connectivity index (χ1) is 10.1. The summed E-state index contributed by atoms with van der Waals surface area (Å²) in [5.74, 6) is 0.0280. The second-order valence-corrected chi connectivity index (χ2v) is 5.71. The number of hydrogen-bond donors (Lipinski definition) is 1. The van der Waals surface area contributed by atoms with Crippen molar-refractivity contribution in [1.82, 2.24) is 15.1 Å². The SMILES string of the molecule is CC(C)[C@@H](NC(=O)N1CCOCC1)C(=O)N1CCOCC1. The Morgan fingerprint density at radius 3 is 1.86 bits per heavy atom. The van der Waals surface area contributed by atoms with Crippen LogP contribution >= 0.6 is 0 Å². The largest absolute Gasteiger partial charge is 0.378 e. The van der Waals surface area contributed by atoms with E-state index in [2.05, 4.69) is 5.32 Å². The summed E-state index contributed by atoms with van der Waals surface area (Å²) >= 11 is 0. The number of carbonyl (C=O) groups excluding carboxylic acids is 2. The summed E-state index contributed by atoms with van der Waals surface area (Å²) in [6, 6.07) is -0.669. The quantitative estimate of drug-likeness (QED) is 0.791. The molecule has 0 aromatic rings. The van der Waals surface area contributed by atoms with Crippen LogP contribution in [-0.4, -0.2) is 80.4 Å². The van der Waals surface area contributed by atoms with E-state index in [1.165, 1.54) is 0 Å². The van der Waals surface area contributed by atoms with E-state index in [9.17, 15) is 9.59 Å². The number of amides is 3. The van der Waals surface area contributed by atoms with Gasteiger partial charge in [0.15, 0.2) is 0 Å². The van der Waals surface area contributed by atoms with Gasteiger partial charge in [0.1, 0.15) is 6.04 Å². The van der Waals surface area contributed by atoms with Crippen molar-refractivity contribution in [3.8, 4) is 0 Å². The average molecular weight is 299 g/mol. The van der Waals surface area contributed by atoms with Gasteiger partial charge in [-0.25, -0.2) is 4.79 Å². The summed E-state index contributed by atoms with van der Waals surface area (Å²) in [5.41, 5.74) is 0. The fourth-order valence-corrected chi connectivity index (χ4v) is 2.48. The van der Waals surface area contributed by atoms with Crippen molar-refractivity contribution in [3.05, 3.63) is 0 Å². The topological polar surface area (TPSA) is 71.1 Å². The lowest BCUT2D eigenvalue weighted by molar-refractivity contribution is -0.138. The predicted molar refractivity (Wildman–Crippen MR) is 76.9 cm³/mol. The average Bonchev–Trinajstić information content (AvgIpc) is 2.53. The predicted octanol–water partition coefficient (Wildman–Crippen LogP) is -0.0884. The minimum absolute atomic E-state index is 0.0186. The molecule has 0 unspecified atom stereocenters. The number of morpholine rings is 2. The molecule has 3 amide bonds. The summed E-state index contributed by atoms with van der Waals surface area (Å²) in [6.07, 6.45) is 0. The van der Waals surface area contributed by atoms with Gasteiger partial charge >= 0.3 is 6.03 Å². The molecule has 0 aliphatic carbocycles. The summed E-state index contributed by atoms with van der Waals surface area (Å²) < 4.78 is 10.5. The van der Waals surface area contributed by atoms with Crippen LogP contribution in [0.4, 0.5) is 4.79 Å². The molecular weight excluding hydrogens is 274 g/mol. The monoisotopic (exact) mass is 299 g/mol. The van der Waals surface area contributed by atoms with Crippen LogP contribution in [0.2, 0.25) is 0 Å². The molecule has 0 aromatic heterocycles. The highest BCUT2D eigenvalue weighted by atomic mass is 16.5. The Morgan fingerprint density at radius 2 is 1.38 bits per heavy atom. The molecule has 2 aliphatic heterocycles. The minimum Gasteiger partial charge on any atom is -0.378 e. The molecule has 1 N–H and O–H groups in total. The highest BCUT2D eigenvalue weighted by molar-refractivity contribution is 5.87. The molecule has 0 aromatic carbocycles. The van der Waals surface area contributed by atoms with Crippen molar-refractivity contribution in [1.29, 1.82) is 0 Å². The number of ether oxygens (including phenoxy) is 2. The Bertz CT molecular complexity index is 363. The molecule has 2 fully saturated rings. The Balaban J connectivity index is 1.94. The van der Waals surface area contributed by atoms with Crippen LogP contribution in [0, 0.1) is 5.92 Å². The Hall–Kier alpha value is -1.34. The first kappa shape index (κ1) is 16.0. The number of carbonyl (C=O) groups is 2. The fourth-order valence-electron chi connectivity index (χ4n) is 2.48. The van der Waals surface area contributed by atoms with Crippen molar-refractivity contribution >= 4 is 11.9 Å². The van der Waals surface area contributed by atoms with Crippen molar-refractivity contribution in [2.45, 2.75) is 19.9 Å². The van der Waals surface area contributed by atoms with E-state index < -0.39 is 6.04 Å². The van der Waals surface area contributed by atoms with Crippen LogP contribution in [-0.2, 0) is 14.3 Å². The van der Waals surface area contributed by atoms with Crippen molar-refractivity contribution in [2.75, 3.05) is 52.6 Å². The maximum absolute atomic E-state index is 12.6. The lowest BCUT2D eigenvalue weighted by Crippen LogP contribution is -2.57. The Labute approximate surface area is 125 Å². The van der Waals surface area contributed by atoms with Crippen LogP contribution in [0.25, 0.3) is 0 Å². The normalized spacial score (nSPS) is 21.3. The molecule has 2 saturated heterocycles. The molecular formula is C14H25N3O4. The van der Waals surface area contributed by atoms with E-state index in [0.717, 1.165) is 0 Å². The second-order valence-electron chi connectivity index (χ2n) is 5.71. The Kier molecular flexibility index (Phi) is 5.81. The Morgan fingerprint density at radius 1 is 0.905 bits per heavy atom. The number of rotatable bonds is 3. The summed E-state index contributed by atoms with van der Waals surface area (Å²) in [6.45, 7) is 8.46. The van der Waals surface area contributed by atoms with Gasteiger partial charge in [-0.2, -0.15) is 0 Å². The van der Waals surface area contributed by atoms with Gasteiger partial charge in [0.05, 0.1) is 26.4 Å².